The summed E-state index contributed by atoms with van der Waals surface area (Å²) >= 11 is 1.41. The zero-order chi connectivity index (χ0) is 8.69. The lowest BCUT2D eigenvalue weighted by Crippen LogP contribution is -2.15. The summed E-state index contributed by atoms with van der Waals surface area (Å²) in [5.74, 6) is 0.107. The normalized spacial score (nSPS) is 11.7. The average molecular weight is 173 g/mol. The van der Waals surface area contributed by atoms with Crippen molar-refractivity contribution < 1.29 is 9.53 Å². The molecule has 0 bridgehead atoms. The van der Waals surface area contributed by atoms with Crippen LogP contribution in [0.4, 0.5) is 0 Å². The molecular weight excluding hydrogens is 162 g/mol. The Bertz CT molecular complexity index is 164. The van der Waals surface area contributed by atoms with Gasteiger partial charge in [-0.1, -0.05) is 0 Å². The quantitative estimate of drug-likeness (QED) is 0.599. The molecule has 11 heavy (non-hydrogen) atoms. The number of carbonyl (C=O) groups excluding carboxylic acids is 1. The number of hydrogen-bond acceptors (Lipinski definition) is 4. The van der Waals surface area contributed by atoms with E-state index in [1.54, 1.807) is 6.92 Å². The van der Waals surface area contributed by atoms with E-state index in [2.05, 4.69) is 0 Å². The van der Waals surface area contributed by atoms with Crippen LogP contribution in [-0.4, -0.2) is 24.1 Å². The summed E-state index contributed by atoms with van der Waals surface area (Å²) in [5, 5.41) is 8.23. The molecule has 0 rings (SSSR count). The summed E-state index contributed by atoms with van der Waals surface area (Å²) in [6.07, 6.45) is 1.82. The fraction of sp³-hybridized carbons (Fsp3) is 0.714. The summed E-state index contributed by atoms with van der Waals surface area (Å²) in [4.78, 5) is 10.8. The summed E-state index contributed by atoms with van der Waals surface area (Å²) in [6.45, 7) is 1.71. The topological polar surface area (TPSA) is 50.1 Å². The van der Waals surface area contributed by atoms with Crippen LogP contribution in [0.3, 0.4) is 0 Å². The van der Waals surface area contributed by atoms with Crippen LogP contribution >= 0.6 is 11.8 Å². The van der Waals surface area contributed by atoms with Gasteiger partial charge in [0.1, 0.15) is 6.10 Å². The molecule has 0 unspecified atom stereocenters. The standard InChI is InChI=1S/C7H11NO2S/c1-6(3-4-8)10-7(9)5-11-2/h6H,3,5H2,1-2H3/t6-/m1/s1. The number of esters is 1. The van der Waals surface area contributed by atoms with Gasteiger partial charge in [0.2, 0.25) is 0 Å². The van der Waals surface area contributed by atoms with Crippen molar-refractivity contribution in [3.05, 3.63) is 0 Å². The first-order valence-electron chi connectivity index (χ1n) is 3.26. The van der Waals surface area contributed by atoms with E-state index in [0.717, 1.165) is 0 Å². The van der Waals surface area contributed by atoms with Gasteiger partial charge in [-0.25, -0.2) is 0 Å². The largest absolute Gasteiger partial charge is 0.461 e. The Hall–Kier alpha value is -0.690. The molecule has 0 aliphatic heterocycles. The average Bonchev–Trinajstić information content (AvgIpc) is 1.87. The molecule has 0 amide bonds. The van der Waals surface area contributed by atoms with Gasteiger partial charge in [0.05, 0.1) is 18.2 Å². The highest BCUT2D eigenvalue weighted by molar-refractivity contribution is 7.99. The third-order valence-electron chi connectivity index (χ3n) is 0.974. The van der Waals surface area contributed by atoms with Crippen molar-refractivity contribution in [3.63, 3.8) is 0 Å². The fourth-order valence-electron chi connectivity index (χ4n) is 0.546. The number of ether oxygens (including phenoxy) is 1. The van der Waals surface area contributed by atoms with E-state index in [0.29, 0.717) is 5.75 Å². The van der Waals surface area contributed by atoms with Crippen LogP contribution < -0.4 is 0 Å². The Morgan fingerprint density at radius 3 is 2.91 bits per heavy atom. The van der Waals surface area contributed by atoms with Gasteiger partial charge in [-0.15, -0.1) is 0 Å². The van der Waals surface area contributed by atoms with Crippen molar-refractivity contribution >= 4 is 17.7 Å². The van der Waals surface area contributed by atoms with E-state index in [9.17, 15) is 4.79 Å². The minimum atomic E-state index is -0.278. The number of rotatable bonds is 4. The third-order valence-corrected chi connectivity index (χ3v) is 1.50. The van der Waals surface area contributed by atoms with Crippen molar-refractivity contribution in [2.24, 2.45) is 0 Å². The molecule has 0 aromatic heterocycles. The second kappa shape index (κ2) is 6.05. The van der Waals surface area contributed by atoms with Gasteiger partial charge in [0.15, 0.2) is 0 Å². The maximum atomic E-state index is 10.8. The highest BCUT2D eigenvalue weighted by Crippen LogP contribution is 1.99. The van der Waals surface area contributed by atoms with Gasteiger partial charge >= 0.3 is 5.97 Å². The molecule has 0 saturated carbocycles. The van der Waals surface area contributed by atoms with Crippen molar-refractivity contribution in [1.82, 2.24) is 0 Å². The van der Waals surface area contributed by atoms with Crippen molar-refractivity contribution in [3.8, 4) is 6.07 Å². The number of nitrogens with zero attached hydrogens (tertiary/aromatic N) is 1. The van der Waals surface area contributed by atoms with Crippen LogP contribution in [-0.2, 0) is 9.53 Å². The molecule has 62 valence electrons. The summed E-state index contributed by atoms with van der Waals surface area (Å²) in [7, 11) is 0. The number of carbonyl (C=O) groups is 1. The molecule has 0 heterocycles. The van der Waals surface area contributed by atoms with Crippen LogP contribution in [0, 0.1) is 11.3 Å². The van der Waals surface area contributed by atoms with E-state index in [-0.39, 0.29) is 18.5 Å². The first kappa shape index (κ1) is 10.3. The summed E-state index contributed by atoms with van der Waals surface area (Å²) < 4.78 is 4.85. The Balaban J connectivity index is 3.50. The van der Waals surface area contributed by atoms with Gasteiger partial charge in [-0.3, -0.25) is 4.79 Å². The second-order valence-electron chi connectivity index (χ2n) is 2.10. The van der Waals surface area contributed by atoms with Crippen LogP contribution in [0.15, 0.2) is 0 Å². The molecule has 0 aromatic carbocycles. The Labute approximate surface area is 70.7 Å². The monoisotopic (exact) mass is 173 g/mol. The van der Waals surface area contributed by atoms with E-state index >= 15 is 0 Å². The maximum Gasteiger partial charge on any atom is 0.316 e. The van der Waals surface area contributed by atoms with Crippen molar-refractivity contribution in [2.45, 2.75) is 19.4 Å². The van der Waals surface area contributed by atoms with Crippen molar-refractivity contribution in [2.75, 3.05) is 12.0 Å². The van der Waals surface area contributed by atoms with Crippen molar-refractivity contribution in [1.29, 1.82) is 5.26 Å². The molecule has 0 fully saturated rings. The molecule has 0 aliphatic rings. The van der Waals surface area contributed by atoms with Crippen LogP contribution in [0.5, 0.6) is 0 Å². The van der Waals surface area contributed by atoms with Gasteiger partial charge in [0, 0.05) is 0 Å². The maximum absolute atomic E-state index is 10.8. The highest BCUT2D eigenvalue weighted by Gasteiger charge is 2.07. The third kappa shape index (κ3) is 5.74. The van der Waals surface area contributed by atoms with Gasteiger partial charge in [0.25, 0.3) is 0 Å². The van der Waals surface area contributed by atoms with Crippen LogP contribution in [0.1, 0.15) is 13.3 Å². The lowest BCUT2D eigenvalue weighted by molar-refractivity contribution is -0.144. The molecule has 0 saturated heterocycles. The molecule has 1 atom stereocenters. The predicted octanol–water partition coefficient (Wildman–Crippen LogP) is 1.19. The molecule has 0 aliphatic carbocycles. The second-order valence-corrected chi connectivity index (χ2v) is 2.96. The van der Waals surface area contributed by atoms with Gasteiger partial charge in [-0.05, 0) is 13.2 Å². The Morgan fingerprint density at radius 1 is 1.82 bits per heavy atom. The number of hydrogen-bond donors (Lipinski definition) is 0. The fourth-order valence-corrected chi connectivity index (χ4v) is 0.850. The van der Waals surface area contributed by atoms with E-state index < -0.39 is 0 Å². The minimum absolute atomic E-state index is 0.250. The molecule has 0 radical (unpaired) electrons. The van der Waals surface area contributed by atoms with E-state index in [4.69, 9.17) is 10.00 Å². The smallest absolute Gasteiger partial charge is 0.316 e. The number of nitriles is 1. The zero-order valence-corrected chi connectivity index (χ0v) is 7.48. The Kier molecular flexibility index (Phi) is 5.67. The van der Waals surface area contributed by atoms with E-state index in [1.807, 2.05) is 12.3 Å². The minimum Gasteiger partial charge on any atom is -0.461 e. The SMILES string of the molecule is CSCC(=O)O[C@H](C)CC#N. The Morgan fingerprint density at radius 2 is 2.45 bits per heavy atom. The molecular formula is C7H11NO2S. The first-order valence-corrected chi connectivity index (χ1v) is 4.65. The zero-order valence-electron chi connectivity index (χ0n) is 6.66. The van der Waals surface area contributed by atoms with E-state index in [1.165, 1.54) is 11.8 Å². The molecule has 0 N–H and O–H groups in total. The van der Waals surface area contributed by atoms with Gasteiger partial charge < -0.3 is 4.74 Å². The summed E-state index contributed by atoms with van der Waals surface area (Å²) in [6, 6.07) is 1.93. The highest BCUT2D eigenvalue weighted by atomic mass is 32.2. The number of thioether (sulfide) groups is 1. The lowest BCUT2D eigenvalue weighted by Gasteiger charge is -2.07. The molecule has 0 spiro atoms. The van der Waals surface area contributed by atoms with Gasteiger partial charge in [-0.2, -0.15) is 17.0 Å². The molecule has 0 aromatic rings. The lowest BCUT2D eigenvalue weighted by atomic mass is 10.3. The summed E-state index contributed by atoms with van der Waals surface area (Å²) in [5.41, 5.74) is 0. The molecule has 3 nitrogen and oxygen atoms in total. The predicted molar refractivity (Wildman–Crippen MR) is 44.2 cm³/mol. The van der Waals surface area contributed by atoms with Crippen LogP contribution in [0.2, 0.25) is 0 Å². The first-order chi connectivity index (χ1) is 5.20. The van der Waals surface area contributed by atoms with Crippen LogP contribution in [0.25, 0.3) is 0 Å². The molecule has 4 heteroatoms.